The molecule has 1 aromatic carbocycles. The van der Waals surface area contributed by atoms with Crippen LogP contribution in [0.25, 0.3) is 0 Å². The second kappa shape index (κ2) is 8.48. The molecule has 0 aliphatic rings. The molecule has 0 fully saturated rings. The summed E-state index contributed by atoms with van der Waals surface area (Å²) in [5, 5.41) is 7.96. The van der Waals surface area contributed by atoms with Crippen LogP contribution >= 0.6 is 22.6 Å². The highest BCUT2D eigenvalue weighted by molar-refractivity contribution is 14.1. The van der Waals surface area contributed by atoms with E-state index in [4.69, 9.17) is 0 Å². The third kappa shape index (κ3) is 4.78. The monoisotopic (exact) mass is 398 g/mol. The number of nitrogens with zero attached hydrogens (tertiary/aromatic N) is 3. The fraction of sp³-hybridized carbons (Fsp3) is 0.500. The molecule has 0 spiro atoms. The van der Waals surface area contributed by atoms with Crippen LogP contribution in [-0.2, 0) is 13.0 Å². The predicted molar refractivity (Wildman–Crippen MR) is 94.2 cm³/mol. The molecular formula is C16H23IN4. The molecule has 0 aliphatic heterocycles. The van der Waals surface area contributed by atoms with Crippen molar-refractivity contribution in [3.05, 3.63) is 45.6 Å². The summed E-state index contributed by atoms with van der Waals surface area (Å²) in [6, 6.07) is 8.97. The summed E-state index contributed by atoms with van der Waals surface area (Å²) in [7, 11) is 0. The lowest BCUT2D eigenvalue weighted by Crippen LogP contribution is -2.25. The summed E-state index contributed by atoms with van der Waals surface area (Å²) < 4.78 is 3.29. The van der Waals surface area contributed by atoms with Gasteiger partial charge in [0.05, 0.1) is 0 Å². The van der Waals surface area contributed by atoms with Gasteiger partial charge in [0.25, 0.3) is 0 Å². The summed E-state index contributed by atoms with van der Waals surface area (Å²) in [5.74, 6) is 1.06. The van der Waals surface area contributed by atoms with Crippen LogP contribution in [0, 0.1) is 3.57 Å². The van der Waals surface area contributed by atoms with Gasteiger partial charge in [0.2, 0.25) is 0 Å². The first-order chi connectivity index (χ1) is 10.2. The van der Waals surface area contributed by atoms with E-state index < -0.39 is 0 Å². The Balaban J connectivity index is 2.17. The van der Waals surface area contributed by atoms with Gasteiger partial charge in [0, 0.05) is 22.6 Å². The van der Waals surface area contributed by atoms with Gasteiger partial charge in [-0.3, -0.25) is 4.68 Å². The summed E-state index contributed by atoms with van der Waals surface area (Å²) in [4.78, 5) is 4.44. The molecule has 1 aromatic heterocycles. The van der Waals surface area contributed by atoms with Crippen molar-refractivity contribution in [2.45, 2.75) is 45.7 Å². The van der Waals surface area contributed by atoms with E-state index >= 15 is 0 Å². The second-order valence-corrected chi connectivity index (χ2v) is 6.41. The second-order valence-electron chi connectivity index (χ2n) is 5.17. The lowest BCUT2D eigenvalue weighted by molar-refractivity contribution is 0.488. The van der Waals surface area contributed by atoms with Crippen LogP contribution in [0.3, 0.4) is 0 Å². The van der Waals surface area contributed by atoms with Crippen LogP contribution in [0.4, 0.5) is 0 Å². The maximum absolute atomic E-state index is 4.44. The molecule has 5 heteroatoms. The molecule has 2 rings (SSSR count). The van der Waals surface area contributed by atoms with Crippen molar-refractivity contribution in [2.24, 2.45) is 0 Å². The first-order valence-corrected chi connectivity index (χ1v) is 8.68. The fourth-order valence-corrected chi connectivity index (χ4v) is 2.94. The average molecular weight is 398 g/mol. The number of halogens is 1. The van der Waals surface area contributed by atoms with Crippen molar-refractivity contribution in [1.82, 2.24) is 20.1 Å². The van der Waals surface area contributed by atoms with Gasteiger partial charge in [0.15, 0.2) is 0 Å². The van der Waals surface area contributed by atoms with Crippen LogP contribution in [0.1, 0.15) is 44.1 Å². The van der Waals surface area contributed by atoms with E-state index in [1.165, 1.54) is 9.13 Å². The van der Waals surface area contributed by atoms with Gasteiger partial charge in [0.1, 0.15) is 12.2 Å². The highest BCUT2D eigenvalue weighted by Gasteiger charge is 2.15. The molecule has 2 aromatic rings. The quantitative estimate of drug-likeness (QED) is 0.692. The summed E-state index contributed by atoms with van der Waals surface area (Å²) >= 11 is 2.37. The largest absolute Gasteiger partial charge is 0.310 e. The third-order valence-electron chi connectivity index (χ3n) is 3.41. The number of nitrogens with one attached hydrogen (secondary N) is 1. The Hall–Kier alpha value is -0.950. The van der Waals surface area contributed by atoms with Crippen LogP contribution in [0.2, 0.25) is 0 Å². The maximum Gasteiger partial charge on any atom is 0.138 e. The van der Waals surface area contributed by atoms with Gasteiger partial charge in [-0.05, 0) is 59.7 Å². The van der Waals surface area contributed by atoms with E-state index in [0.717, 1.165) is 38.2 Å². The molecular weight excluding hydrogens is 375 g/mol. The Morgan fingerprint density at radius 1 is 1.29 bits per heavy atom. The van der Waals surface area contributed by atoms with E-state index in [1.807, 2.05) is 4.68 Å². The zero-order valence-corrected chi connectivity index (χ0v) is 14.9. The smallest absolute Gasteiger partial charge is 0.138 e. The Labute approximate surface area is 140 Å². The van der Waals surface area contributed by atoms with E-state index in [0.29, 0.717) is 6.04 Å². The van der Waals surface area contributed by atoms with E-state index in [1.54, 1.807) is 6.33 Å². The van der Waals surface area contributed by atoms with Gasteiger partial charge < -0.3 is 5.32 Å². The molecule has 21 heavy (non-hydrogen) atoms. The van der Waals surface area contributed by atoms with Crippen LogP contribution in [0.5, 0.6) is 0 Å². The minimum atomic E-state index is 0.291. The van der Waals surface area contributed by atoms with Gasteiger partial charge in [-0.2, -0.15) is 5.10 Å². The standard InChI is InChI=1S/C16H23IN4/c1-3-8-18-15(13-6-5-7-14(17)10-13)11-16-19-12-20-21(16)9-4-2/h5-7,10,12,15,18H,3-4,8-9,11H2,1-2H3. The molecule has 0 radical (unpaired) electrons. The highest BCUT2D eigenvalue weighted by atomic mass is 127. The molecule has 1 atom stereocenters. The van der Waals surface area contributed by atoms with Crippen LogP contribution in [0.15, 0.2) is 30.6 Å². The van der Waals surface area contributed by atoms with Crippen molar-refractivity contribution in [2.75, 3.05) is 6.54 Å². The van der Waals surface area contributed by atoms with Crippen molar-refractivity contribution in [1.29, 1.82) is 0 Å². The van der Waals surface area contributed by atoms with E-state index in [9.17, 15) is 0 Å². The Morgan fingerprint density at radius 3 is 2.86 bits per heavy atom. The number of aryl methyl sites for hydroxylation is 1. The van der Waals surface area contributed by atoms with Gasteiger partial charge >= 0.3 is 0 Å². The lowest BCUT2D eigenvalue weighted by Gasteiger charge is -2.19. The lowest BCUT2D eigenvalue weighted by atomic mass is 10.0. The topological polar surface area (TPSA) is 42.7 Å². The molecule has 1 unspecified atom stereocenters. The van der Waals surface area contributed by atoms with Crippen molar-refractivity contribution in [3.63, 3.8) is 0 Å². The van der Waals surface area contributed by atoms with Crippen molar-refractivity contribution in [3.8, 4) is 0 Å². The molecule has 1 N–H and O–H groups in total. The maximum atomic E-state index is 4.44. The third-order valence-corrected chi connectivity index (χ3v) is 4.08. The summed E-state index contributed by atoms with van der Waals surface area (Å²) in [5.41, 5.74) is 1.32. The normalized spacial score (nSPS) is 12.5. The van der Waals surface area contributed by atoms with Gasteiger partial charge in [-0.25, -0.2) is 4.98 Å². The van der Waals surface area contributed by atoms with Crippen molar-refractivity contribution < 1.29 is 0 Å². The molecule has 0 amide bonds. The van der Waals surface area contributed by atoms with Crippen molar-refractivity contribution >= 4 is 22.6 Å². The number of hydrogen-bond acceptors (Lipinski definition) is 3. The molecule has 114 valence electrons. The first-order valence-electron chi connectivity index (χ1n) is 7.60. The van der Waals surface area contributed by atoms with Crippen LogP contribution < -0.4 is 5.32 Å². The van der Waals surface area contributed by atoms with Gasteiger partial charge in [-0.1, -0.05) is 26.0 Å². The minimum absolute atomic E-state index is 0.291. The molecule has 0 saturated heterocycles. The zero-order chi connectivity index (χ0) is 15.1. The first kappa shape index (κ1) is 16.4. The average Bonchev–Trinajstić information content (AvgIpc) is 2.91. The summed E-state index contributed by atoms with van der Waals surface area (Å²) in [6.45, 7) is 6.30. The summed E-state index contributed by atoms with van der Waals surface area (Å²) in [6.07, 6.45) is 4.74. The Bertz CT molecular complexity index is 553. The van der Waals surface area contributed by atoms with E-state index in [-0.39, 0.29) is 0 Å². The molecule has 1 heterocycles. The Kier molecular flexibility index (Phi) is 6.63. The molecule has 0 bridgehead atoms. The Morgan fingerprint density at radius 2 is 2.14 bits per heavy atom. The number of hydrogen-bond donors (Lipinski definition) is 1. The molecule has 0 saturated carbocycles. The van der Waals surface area contributed by atoms with Gasteiger partial charge in [-0.15, -0.1) is 0 Å². The minimum Gasteiger partial charge on any atom is -0.310 e. The number of benzene rings is 1. The van der Waals surface area contributed by atoms with E-state index in [2.05, 4.69) is 76.1 Å². The number of rotatable bonds is 8. The fourth-order valence-electron chi connectivity index (χ4n) is 2.38. The predicted octanol–water partition coefficient (Wildman–Crippen LogP) is 3.58. The number of aromatic nitrogens is 3. The molecule has 4 nitrogen and oxygen atoms in total. The molecule has 0 aliphatic carbocycles. The zero-order valence-electron chi connectivity index (χ0n) is 12.7. The van der Waals surface area contributed by atoms with Crippen LogP contribution in [-0.4, -0.2) is 21.3 Å². The SMILES string of the molecule is CCCNC(Cc1ncnn1CCC)c1cccc(I)c1. The highest BCUT2D eigenvalue weighted by Crippen LogP contribution is 2.20.